The van der Waals surface area contributed by atoms with Crippen LogP contribution in [0.3, 0.4) is 0 Å². The van der Waals surface area contributed by atoms with E-state index in [-0.39, 0.29) is 12.3 Å². The van der Waals surface area contributed by atoms with E-state index in [1.807, 2.05) is 0 Å². The van der Waals surface area contributed by atoms with Crippen molar-refractivity contribution < 1.29 is 10.2 Å². The average Bonchev–Trinajstić information content (AvgIpc) is 2.40. The second-order valence-electron chi connectivity index (χ2n) is 4.33. The summed E-state index contributed by atoms with van der Waals surface area (Å²) in [5, 5.41) is 20.3. The Hall–Kier alpha value is -1.78. The number of nitrogens with zero attached hydrogens (tertiary/aromatic N) is 1. The number of rotatable bonds is 3. The van der Waals surface area contributed by atoms with Crippen molar-refractivity contribution in [3.05, 3.63) is 63.0 Å². The van der Waals surface area contributed by atoms with Crippen molar-refractivity contribution in [2.45, 2.75) is 19.6 Å². The van der Waals surface area contributed by atoms with E-state index < -0.39 is 11.5 Å². The Bertz CT molecular complexity index is 634. The molecule has 0 bridgehead atoms. The highest BCUT2D eigenvalue weighted by Crippen LogP contribution is 2.19. The molecule has 0 unspecified atom stereocenters. The highest BCUT2D eigenvalue weighted by Gasteiger charge is 2.11. The van der Waals surface area contributed by atoms with Crippen LogP contribution in [0.4, 0.5) is 0 Å². The largest absolute Gasteiger partial charge is 0.503 e. The van der Waals surface area contributed by atoms with E-state index in [0.717, 1.165) is 5.56 Å². The van der Waals surface area contributed by atoms with E-state index in [1.54, 1.807) is 42.0 Å². The molecule has 0 saturated heterocycles. The number of aromatic hydroxyl groups is 1. The SMILES string of the molecule is Cc1c(O)c(=O)ccn1C[C@H](O)c1ccc(Cl)cc1. The molecule has 1 heterocycles. The van der Waals surface area contributed by atoms with Crippen molar-refractivity contribution in [1.29, 1.82) is 0 Å². The molecule has 0 aliphatic rings. The summed E-state index contributed by atoms with van der Waals surface area (Å²) in [5.41, 5.74) is 0.734. The Balaban J connectivity index is 2.24. The molecule has 100 valence electrons. The zero-order valence-corrected chi connectivity index (χ0v) is 11.1. The maximum absolute atomic E-state index is 11.2. The molecule has 0 fully saturated rings. The molecule has 0 amide bonds. The number of aromatic nitrogens is 1. The van der Waals surface area contributed by atoms with Gasteiger partial charge in [-0.2, -0.15) is 0 Å². The van der Waals surface area contributed by atoms with Crippen LogP contribution in [0, 0.1) is 6.92 Å². The van der Waals surface area contributed by atoms with Gasteiger partial charge in [-0.15, -0.1) is 0 Å². The lowest BCUT2D eigenvalue weighted by atomic mass is 10.1. The molecular formula is C14H14ClNO3. The maximum atomic E-state index is 11.2. The summed E-state index contributed by atoms with van der Waals surface area (Å²) in [7, 11) is 0. The molecule has 0 aliphatic carbocycles. The number of pyridine rings is 1. The molecule has 1 aromatic heterocycles. The Kier molecular flexibility index (Phi) is 3.93. The quantitative estimate of drug-likeness (QED) is 0.906. The number of aliphatic hydroxyl groups is 1. The first-order valence-electron chi connectivity index (χ1n) is 5.81. The highest BCUT2D eigenvalue weighted by atomic mass is 35.5. The van der Waals surface area contributed by atoms with Crippen molar-refractivity contribution in [3.63, 3.8) is 0 Å². The normalized spacial score (nSPS) is 12.4. The lowest BCUT2D eigenvalue weighted by Gasteiger charge is -2.16. The monoisotopic (exact) mass is 279 g/mol. The van der Waals surface area contributed by atoms with E-state index in [2.05, 4.69) is 0 Å². The van der Waals surface area contributed by atoms with Gasteiger partial charge in [0.25, 0.3) is 0 Å². The molecule has 1 aromatic carbocycles. The standard InChI is InChI=1S/C14H14ClNO3/c1-9-14(19)12(17)6-7-16(9)8-13(18)10-2-4-11(15)5-3-10/h2-7,13,18-19H,8H2,1H3/t13-/m0/s1. The van der Waals surface area contributed by atoms with Crippen LogP contribution in [0.15, 0.2) is 41.3 Å². The van der Waals surface area contributed by atoms with Crippen LogP contribution in [0.2, 0.25) is 5.02 Å². The first-order chi connectivity index (χ1) is 8.99. The van der Waals surface area contributed by atoms with Crippen LogP contribution < -0.4 is 5.43 Å². The highest BCUT2D eigenvalue weighted by molar-refractivity contribution is 6.30. The Morgan fingerprint density at radius 3 is 2.53 bits per heavy atom. The molecule has 0 aliphatic heterocycles. The first kappa shape index (κ1) is 13.6. The van der Waals surface area contributed by atoms with Crippen LogP contribution >= 0.6 is 11.6 Å². The summed E-state index contributed by atoms with van der Waals surface area (Å²) in [4.78, 5) is 11.2. The van der Waals surface area contributed by atoms with Crippen molar-refractivity contribution in [1.82, 2.24) is 4.57 Å². The van der Waals surface area contributed by atoms with Crippen LogP contribution in [-0.2, 0) is 6.54 Å². The summed E-state index contributed by atoms with van der Waals surface area (Å²) in [6, 6.07) is 8.16. The minimum atomic E-state index is -0.738. The predicted molar refractivity (Wildman–Crippen MR) is 73.5 cm³/mol. The van der Waals surface area contributed by atoms with Gasteiger partial charge in [-0.3, -0.25) is 4.79 Å². The number of aliphatic hydroxyl groups excluding tert-OH is 1. The average molecular weight is 280 g/mol. The van der Waals surface area contributed by atoms with Gasteiger partial charge in [0, 0.05) is 17.3 Å². The Labute approximate surface area is 115 Å². The van der Waals surface area contributed by atoms with Crippen LogP contribution in [0.1, 0.15) is 17.4 Å². The maximum Gasteiger partial charge on any atom is 0.223 e. The van der Waals surface area contributed by atoms with E-state index >= 15 is 0 Å². The molecule has 4 nitrogen and oxygen atoms in total. The molecule has 0 radical (unpaired) electrons. The van der Waals surface area contributed by atoms with Crippen molar-refractivity contribution in [2.24, 2.45) is 0 Å². The minimum Gasteiger partial charge on any atom is -0.503 e. The van der Waals surface area contributed by atoms with Gasteiger partial charge in [0.2, 0.25) is 5.43 Å². The van der Waals surface area contributed by atoms with Gasteiger partial charge in [0.15, 0.2) is 5.75 Å². The second kappa shape index (κ2) is 5.47. The molecule has 19 heavy (non-hydrogen) atoms. The van der Waals surface area contributed by atoms with Crippen molar-refractivity contribution in [2.75, 3.05) is 0 Å². The van der Waals surface area contributed by atoms with Crippen molar-refractivity contribution in [3.8, 4) is 5.75 Å². The number of hydrogen-bond acceptors (Lipinski definition) is 3. The predicted octanol–water partition coefficient (Wildman–Crippen LogP) is 2.25. The van der Waals surface area contributed by atoms with Gasteiger partial charge in [0.05, 0.1) is 18.3 Å². The molecular weight excluding hydrogens is 266 g/mol. The van der Waals surface area contributed by atoms with Gasteiger partial charge in [-0.05, 0) is 24.6 Å². The summed E-state index contributed by atoms with van der Waals surface area (Å²) in [6.45, 7) is 1.88. The summed E-state index contributed by atoms with van der Waals surface area (Å²) >= 11 is 5.79. The zero-order chi connectivity index (χ0) is 14.0. The number of hydrogen-bond donors (Lipinski definition) is 2. The number of benzene rings is 1. The third-order valence-electron chi connectivity index (χ3n) is 3.04. The first-order valence-corrected chi connectivity index (χ1v) is 6.19. The third-order valence-corrected chi connectivity index (χ3v) is 3.29. The lowest BCUT2D eigenvalue weighted by molar-refractivity contribution is 0.155. The van der Waals surface area contributed by atoms with Gasteiger partial charge in [0.1, 0.15) is 0 Å². The van der Waals surface area contributed by atoms with E-state index in [0.29, 0.717) is 10.7 Å². The van der Waals surface area contributed by atoms with Gasteiger partial charge >= 0.3 is 0 Å². The van der Waals surface area contributed by atoms with Crippen LogP contribution in [0.5, 0.6) is 5.75 Å². The topological polar surface area (TPSA) is 62.5 Å². The van der Waals surface area contributed by atoms with Crippen molar-refractivity contribution >= 4 is 11.6 Å². The van der Waals surface area contributed by atoms with E-state index in [1.165, 1.54) is 6.07 Å². The molecule has 0 spiro atoms. The summed E-state index contributed by atoms with van der Waals surface area (Å²) in [5.74, 6) is -0.286. The summed E-state index contributed by atoms with van der Waals surface area (Å²) in [6.07, 6.45) is 0.814. The van der Waals surface area contributed by atoms with Crippen LogP contribution in [-0.4, -0.2) is 14.8 Å². The van der Waals surface area contributed by atoms with Gasteiger partial charge in [-0.1, -0.05) is 23.7 Å². The Morgan fingerprint density at radius 1 is 1.26 bits per heavy atom. The zero-order valence-electron chi connectivity index (χ0n) is 10.4. The second-order valence-corrected chi connectivity index (χ2v) is 4.77. The fraction of sp³-hybridized carbons (Fsp3) is 0.214. The lowest BCUT2D eigenvalue weighted by Crippen LogP contribution is -2.14. The van der Waals surface area contributed by atoms with Crippen LogP contribution in [0.25, 0.3) is 0 Å². The molecule has 1 atom stereocenters. The fourth-order valence-electron chi connectivity index (χ4n) is 1.84. The smallest absolute Gasteiger partial charge is 0.223 e. The van der Waals surface area contributed by atoms with Gasteiger partial charge < -0.3 is 14.8 Å². The summed E-state index contributed by atoms with van der Waals surface area (Å²) < 4.78 is 1.63. The molecule has 5 heteroatoms. The minimum absolute atomic E-state index is 0.251. The Morgan fingerprint density at radius 2 is 1.89 bits per heavy atom. The molecule has 2 rings (SSSR count). The van der Waals surface area contributed by atoms with Gasteiger partial charge in [-0.25, -0.2) is 0 Å². The fourth-order valence-corrected chi connectivity index (χ4v) is 1.96. The van der Waals surface area contributed by atoms with E-state index in [4.69, 9.17) is 11.6 Å². The third kappa shape index (κ3) is 2.97. The van der Waals surface area contributed by atoms with E-state index in [9.17, 15) is 15.0 Å². The number of halogens is 1. The molecule has 0 saturated carbocycles. The molecule has 2 aromatic rings. The molecule has 2 N–H and O–H groups in total.